The second kappa shape index (κ2) is 19.4. The Hall–Kier alpha value is -7.33. The molecule has 0 unspecified atom stereocenters. The van der Waals surface area contributed by atoms with Crippen molar-refractivity contribution >= 4 is 62.1 Å². The van der Waals surface area contributed by atoms with Crippen LogP contribution in [0.4, 0.5) is 28.7 Å². The number of amides is 2. The summed E-state index contributed by atoms with van der Waals surface area (Å²) in [5, 5.41) is 43.3. The topological polar surface area (TPSA) is 211 Å². The second-order valence-electron chi connectivity index (χ2n) is 14.6. The van der Waals surface area contributed by atoms with Gasteiger partial charge in [0, 0.05) is 67.7 Å². The SMILES string of the molecule is CN(C=C[NH2+]CCCN(C)C(=O)c1ccc(C(=O)N(C)CCCn2cc[n+](C)c2N=Nc2c(N)c(O)cc3ccccc23)cc1)CN=Nc1c(N)c(O)cc2ccccc12. The first-order valence-corrected chi connectivity index (χ1v) is 19.6. The summed E-state index contributed by atoms with van der Waals surface area (Å²) < 4.78 is 3.79. The van der Waals surface area contributed by atoms with Crippen molar-refractivity contribution in [3.63, 3.8) is 0 Å². The van der Waals surface area contributed by atoms with Crippen molar-refractivity contribution in [2.45, 2.75) is 19.4 Å². The predicted molar refractivity (Wildman–Crippen MR) is 233 cm³/mol. The number of fused-ring (bicyclic) bond motifs is 2. The number of carbonyl (C=O) groups is 2. The molecule has 0 bridgehead atoms. The lowest BCUT2D eigenvalue weighted by Crippen LogP contribution is -2.78. The standard InChI is InChI=1S/C44H50N12O4/c1-52(29-48-49-40-34-13-7-5-11-32(34)27-36(57)38(40)45)24-20-47-19-9-21-53(2)42(59)30-15-17-31(18-16-30)43(60)54(3)22-10-23-56-26-25-55(4)44(56)51-50-41-35-14-8-6-12-33(35)28-37(58)39(41)46/h5-8,11-18,20,24-28,47H,9-10,19,21-23,29H2,1-4H3,(H5,45,46,48,49,50,57,58,59,60)/p+2. The monoisotopic (exact) mass is 812 g/mol. The summed E-state index contributed by atoms with van der Waals surface area (Å²) in [7, 11) is 7.28. The predicted octanol–water partition coefficient (Wildman–Crippen LogP) is 5.94. The smallest absolute Gasteiger partial charge is 0.421 e. The van der Waals surface area contributed by atoms with Crippen LogP contribution >= 0.6 is 0 Å². The molecule has 5 aromatic carbocycles. The number of quaternary nitrogens is 1. The Morgan fingerprint density at radius 2 is 1.30 bits per heavy atom. The average Bonchev–Trinajstić information content (AvgIpc) is 3.60. The molecule has 0 aliphatic carbocycles. The minimum absolute atomic E-state index is 0.0244. The van der Waals surface area contributed by atoms with Crippen molar-refractivity contribution in [1.29, 1.82) is 0 Å². The molecular weight excluding hydrogens is 761 g/mol. The summed E-state index contributed by atoms with van der Waals surface area (Å²) >= 11 is 0. The molecule has 1 aromatic heterocycles. The number of phenols is 2. The lowest BCUT2D eigenvalue weighted by Gasteiger charge is -2.18. The van der Waals surface area contributed by atoms with Gasteiger partial charge in [0.2, 0.25) is 0 Å². The van der Waals surface area contributed by atoms with Crippen molar-refractivity contribution in [3.05, 3.63) is 121 Å². The largest absolute Gasteiger partial charge is 0.506 e. The Morgan fingerprint density at radius 3 is 1.88 bits per heavy atom. The Morgan fingerprint density at radius 1 is 0.767 bits per heavy atom. The molecule has 6 rings (SSSR count). The van der Waals surface area contributed by atoms with Crippen LogP contribution in [0.1, 0.15) is 33.6 Å². The number of nitrogens with two attached hydrogens (primary N) is 3. The molecular formula is C44H52N12O4+2. The zero-order chi connectivity index (χ0) is 42.8. The number of benzene rings is 5. The van der Waals surface area contributed by atoms with E-state index in [2.05, 4.69) is 20.5 Å². The van der Waals surface area contributed by atoms with Crippen LogP contribution in [-0.4, -0.2) is 88.7 Å². The molecule has 60 heavy (non-hydrogen) atoms. The summed E-state index contributed by atoms with van der Waals surface area (Å²) in [5.41, 5.74) is 14.5. The fourth-order valence-electron chi connectivity index (χ4n) is 6.67. The van der Waals surface area contributed by atoms with Crippen LogP contribution in [0, 0.1) is 0 Å². The van der Waals surface area contributed by atoms with Gasteiger partial charge in [-0.25, -0.2) is 9.13 Å². The number of rotatable bonds is 17. The molecule has 0 saturated heterocycles. The molecule has 6 aromatic rings. The average molecular weight is 813 g/mol. The van der Waals surface area contributed by atoms with E-state index in [0.717, 1.165) is 34.5 Å². The third kappa shape index (κ3) is 10.0. The van der Waals surface area contributed by atoms with Gasteiger partial charge in [-0.2, -0.15) is 10.2 Å². The normalized spacial score (nSPS) is 11.7. The van der Waals surface area contributed by atoms with E-state index in [9.17, 15) is 19.8 Å². The number of nitrogen functional groups attached to an aromatic ring is 2. The molecule has 0 radical (unpaired) electrons. The van der Waals surface area contributed by atoms with Gasteiger partial charge in [0.25, 0.3) is 11.8 Å². The van der Waals surface area contributed by atoms with Gasteiger partial charge in [0.15, 0.2) is 0 Å². The molecule has 16 heteroatoms. The highest BCUT2D eigenvalue weighted by atomic mass is 16.3. The van der Waals surface area contributed by atoms with Crippen LogP contribution in [0.25, 0.3) is 21.5 Å². The first-order chi connectivity index (χ1) is 28.9. The van der Waals surface area contributed by atoms with Crippen molar-refractivity contribution in [3.8, 4) is 11.5 Å². The molecule has 310 valence electrons. The van der Waals surface area contributed by atoms with Crippen molar-refractivity contribution in [2.75, 3.05) is 58.9 Å². The van der Waals surface area contributed by atoms with Gasteiger partial charge in [0.1, 0.15) is 47.1 Å². The number of nitrogens with zero attached hydrogens (tertiary/aromatic N) is 9. The highest BCUT2D eigenvalue weighted by Gasteiger charge is 2.19. The Kier molecular flexibility index (Phi) is 13.7. The van der Waals surface area contributed by atoms with Gasteiger partial charge in [-0.3, -0.25) is 9.59 Å². The summed E-state index contributed by atoms with van der Waals surface area (Å²) in [6.45, 7) is 2.71. The Balaban J connectivity index is 0.917. The number of azo groups is 2. The molecule has 0 atom stereocenters. The van der Waals surface area contributed by atoms with Crippen LogP contribution in [0.2, 0.25) is 0 Å². The fourth-order valence-corrected chi connectivity index (χ4v) is 6.67. The van der Waals surface area contributed by atoms with Crippen molar-refractivity contribution < 1.29 is 29.7 Å². The molecule has 0 aliphatic heterocycles. The maximum absolute atomic E-state index is 13.3. The molecule has 0 saturated carbocycles. The zero-order valence-electron chi connectivity index (χ0n) is 34.3. The Labute approximate surface area is 348 Å². The fraction of sp³-hybridized carbons (Fsp3) is 0.250. The lowest BCUT2D eigenvalue weighted by molar-refractivity contribution is -0.657. The highest BCUT2D eigenvalue weighted by Crippen LogP contribution is 2.40. The molecule has 0 spiro atoms. The van der Waals surface area contributed by atoms with Crippen LogP contribution in [0.5, 0.6) is 11.5 Å². The number of imidazole rings is 1. The molecule has 0 aliphatic rings. The van der Waals surface area contributed by atoms with E-state index in [4.69, 9.17) is 11.5 Å². The number of carbonyl (C=O) groups excluding carboxylic acids is 2. The van der Waals surface area contributed by atoms with Gasteiger partial charge in [0.05, 0.1) is 38.7 Å². The number of hydrogen-bond donors (Lipinski definition) is 5. The third-order valence-electron chi connectivity index (χ3n) is 10.1. The summed E-state index contributed by atoms with van der Waals surface area (Å²) in [6, 6.07) is 25.1. The molecule has 0 fully saturated rings. The second-order valence-corrected chi connectivity index (χ2v) is 14.6. The molecule has 16 nitrogen and oxygen atoms in total. The maximum Gasteiger partial charge on any atom is 0.421 e. The van der Waals surface area contributed by atoms with E-state index in [1.54, 1.807) is 60.3 Å². The van der Waals surface area contributed by atoms with Crippen molar-refractivity contribution in [1.82, 2.24) is 19.3 Å². The molecule has 1 heterocycles. The molecule has 8 N–H and O–H groups in total. The van der Waals surface area contributed by atoms with E-state index in [-0.39, 0.29) is 34.7 Å². The number of hydrogen-bond acceptors (Lipinski definition) is 11. The number of aromatic hydroxyl groups is 2. The van der Waals surface area contributed by atoms with Gasteiger partial charge in [-0.15, -0.1) is 0 Å². The minimum Gasteiger partial charge on any atom is -0.506 e. The van der Waals surface area contributed by atoms with Gasteiger partial charge < -0.3 is 41.7 Å². The van der Waals surface area contributed by atoms with E-state index >= 15 is 0 Å². The zero-order valence-corrected chi connectivity index (χ0v) is 34.3. The third-order valence-corrected chi connectivity index (χ3v) is 10.1. The van der Waals surface area contributed by atoms with E-state index in [0.29, 0.717) is 61.2 Å². The van der Waals surface area contributed by atoms with Gasteiger partial charge in [-0.1, -0.05) is 53.6 Å². The van der Waals surface area contributed by atoms with Crippen LogP contribution in [0.15, 0.2) is 130 Å². The van der Waals surface area contributed by atoms with E-state index in [1.165, 1.54) is 0 Å². The molecule has 2 amide bonds. The Bertz CT molecular complexity index is 2570. The van der Waals surface area contributed by atoms with E-state index < -0.39 is 0 Å². The van der Waals surface area contributed by atoms with Crippen LogP contribution in [0.3, 0.4) is 0 Å². The first-order valence-electron chi connectivity index (χ1n) is 19.6. The van der Waals surface area contributed by atoms with Gasteiger partial charge in [-0.05, 0) is 53.6 Å². The summed E-state index contributed by atoms with van der Waals surface area (Å²) in [6.07, 6.45) is 9.04. The van der Waals surface area contributed by atoms with Crippen LogP contribution < -0.4 is 21.4 Å². The highest BCUT2D eigenvalue weighted by molar-refractivity contribution is 6.01. The number of aromatic nitrogens is 2. The van der Waals surface area contributed by atoms with Crippen LogP contribution in [-0.2, 0) is 13.6 Å². The summed E-state index contributed by atoms with van der Waals surface area (Å²) in [4.78, 5) is 31.6. The number of anilines is 2. The lowest BCUT2D eigenvalue weighted by atomic mass is 10.1. The number of phenolic OH excluding ortho intramolecular Hbond substituents is 2. The minimum atomic E-state index is -0.140. The van der Waals surface area contributed by atoms with E-state index in [1.807, 2.05) is 107 Å². The number of aryl methyl sites for hydroxylation is 2. The van der Waals surface area contributed by atoms with Gasteiger partial charge >= 0.3 is 5.95 Å². The van der Waals surface area contributed by atoms with Crippen molar-refractivity contribution in [2.24, 2.45) is 27.5 Å². The first kappa shape index (κ1) is 42.3. The summed E-state index contributed by atoms with van der Waals surface area (Å²) in [5.74, 6) is 0.257. The maximum atomic E-state index is 13.3. The quantitative estimate of drug-likeness (QED) is 0.0246.